The van der Waals surface area contributed by atoms with Gasteiger partial charge in [-0.2, -0.15) is 17.9 Å². The Morgan fingerprint density at radius 3 is 2.65 bits per heavy atom. The number of nitrogens with two attached hydrogens (primary N) is 1. The highest BCUT2D eigenvalue weighted by Gasteiger charge is 2.34. The number of amides is 2. The average Bonchev–Trinajstić information content (AvgIpc) is 3.20. The van der Waals surface area contributed by atoms with Gasteiger partial charge in [0.2, 0.25) is 5.91 Å². The number of rotatable bonds is 6. The van der Waals surface area contributed by atoms with Gasteiger partial charge < -0.3 is 21.2 Å². The first kappa shape index (κ1) is 22.6. The summed E-state index contributed by atoms with van der Waals surface area (Å²) in [4.78, 5) is 37.7. The van der Waals surface area contributed by atoms with E-state index in [2.05, 4.69) is 31.3 Å². The fraction of sp³-hybridized carbons (Fsp3) is 0.250. The van der Waals surface area contributed by atoms with Gasteiger partial charge in [0, 0.05) is 11.8 Å². The standard InChI is InChI=1S/C16H12BrF3N6O4S/c1-6-4-8(16(18,19)20)22-15-10(6)11(12(31-15)13(21)28)23-9(27)2-3-25-5-7(17)14(24-25)26(29)30/h4-5H,2-3H2,1H3,(H2,21,28)(H,23,27). The van der Waals surface area contributed by atoms with Crippen LogP contribution in [0.15, 0.2) is 16.7 Å². The first-order chi connectivity index (χ1) is 14.4. The van der Waals surface area contributed by atoms with E-state index < -0.39 is 34.4 Å². The average molecular weight is 521 g/mol. The Balaban J connectivity index is 1.88. The number of nitrogens with zero attached hydrogens (tertiary/aromatic N) is 4. The van der Waals surface area contributed by atoms with Crippen molar-refractivity contribution < 1.29 is 27.7 Å². The number of nitro groups is 1. The number of carbonyl (C=O) groups excluding carboxylic acids is 2. The first-order valence-corrected chi connectivity index (χ1v) is 9.97. The summed E-state index contributed by atoms with van der Waals surface area (Å²) in [6.45, 7) is 1.37. The number of nitrogens with one attached hydrogen (secondary N) is 1. The topological polar surface area (TPSA) is 146 Å². The smallest absolute Gasteiger partial charge is 0.365 e. The molecule has 3 rings (SSSR count). The molecule has 0 saturated carbocycles. The highest BCUT2D eigenvalue weighted by Crippen LogP contribution is 2.39. The van der Waals surface area contributed by atoms with Crippen molar-refractivity contribution in [2.75, 3.05) is 5.32 Å². The van der Waals surface area contributed by atoms with Gasteiger partial charge in [-0.05, 0) is 39.4 Å². The lowest BCUT2D eigenvalue weighted by atomic mass is 10.1. The van der Waals surface area contributed by atoms with E-state index >= 15 is 0 Å². The van der Waals surface area contributed by atoms with Crippen LogP contribution in [0, 0.1) is 17.0 Å². The van der Waals surface area contributed by atoms with Gasteiger partial charge in [0.1, 0.15) is 19.9 Å². The number of aryl methyl sites for hydroxylation is 2. The van der Waals surface area contributed by atoms with E-state index in [1.807, 2.05) is 0 Å². The van der Waals surface area contributed by atoms with Gasteiger partial charge in [0.25, 0.3) is 5.91 Å². The van der Waals surface area contributed by atoms with Crippen molar-refractivity contribution in [2.45, 2.75) is 26.1 Å². The van der Waals surface area contributed by atoms with Crippen LogP contribution >= 0.6 is 27.3 Å². The van der Waals surface area contributed by atoms with E-state index in [0.717, 1.165) is 6.07 Å². The third kappa shape index (κ3) is 4.66. The minimum Gasteiger partial charge on any atom is -0.365 e. The zero-order valence-corrected chi connectivity index (χ0v) is 17.9. The number of hydrogen-bond acceptors (Lipinski definition) is 7. The predicted molar refractivity (Wildman–Crippen MR) is 108 cm³/mol. The van der Waals surface area contributed by atoms with Gasteiger partial charge in [0.05, 0.1) is 23.5 Å². The molecule has 0 unspecified atom stereocenters. The second-order valence-electron chi connectivity index (χ2n) is 6.29. The molecule has 0 aromatic carbocycles. The molecule has 10 nitrogen and oxygen atoms in total. The number of halogens is 4. The van der Waals surface area contributed by atoms with Gasteiger partial charge in [0.15, 0.2) is 0 Å². The quantitative estimate of drug-likeness (QED) is 0.374. The summed E-state index contributed by atoms with van der Waals surface area (Å²) in [6, 6.07) is 0.815. The van der Waals surface area contributed by atoms with Gasteiger partial charge in [-0.25, -0.2) is 4.98 Å². The van der Waals surface area contributed by atoms with Crippen molar-refractivity contribution in [2.24, 2.45) is 5.73 Å². The molecule has 0 aliphatic rings. The van der Waals surface area contributed by atoms with Crippen LogP contribution < -0.4 is 11.1 Å². The number of carbonyl (C=O) groups is 2. The number of pyridine rings is 1. The van der Waals surface area contributed by atoms with Crippen LogP contribution in [-0.4, -0.2) is 31.5 Å². The summed E-state index contributed by atoms with van der Waals surface area (Å²) in [6.07, 6.45) is -3.54. The zero-order chi connectivity index (χ0) is 23.1. The highest BCUT2D eigenvalue weighted by atomic mass is 79.9. The maximum atomic E-state index is 13.0. The molecule has 0 spiro atoms. The number of anilines is 1. The van der Waals surface area contributed by atoms with E-state index in [9.17, 15) is 32.9 Å². The van der Waals surface area contributed by atoms with E-state index in [1.54, 1.807) is 0 Å². The molecular formula is C16H12BrF3N6O4S. The fourth-order valence-corrected chi connectivity index (χ4v) is 4.28. The van der Waals surface area contributed by atoms with Crippen LogP contribution in [0.5, 0.6) is 0 Å². The minimum absolute atomic E-state index is 0.0242. The van der Waals surface area contributed by atoms with Crippen molar-refractivity contribution in [3.05, 3.63) is 43.0 Å². The molecule has 0 fully saturated rings. The van der Waals surface area contributed by atoms with Crippen LogP contribution in [0.3, 0.4) is 0 Å². The molecule has 15 heteroatoms. The highest BCUT2D eigenvalue weighted by molar-refractivity contribution is 9.10. The van der Waals surface area contributed by atoms with E-state index in [-0.39, 0.29) is 43.8 Å². The molecule has 0 radical (unpaired) electrons. The van der Waals surface area contributed by atoms with Gasteiger partial charge >= 0.3 is 12.0 Å². The number of hydrogen-bond donors (Lipinski definition) is 2. The number of primary amides is 1. The second-order valence-corrected chi connectivity index (χ2v) is 8.15. The zero-order valence-electron chi connectivity index (χ0n) is 15.5. The van der Waals surface area contributed by atoms with E-state index in [1.165, 1.54) is 17.8 Å². The normalized spacial score (nSPS) is 11.6. The second kappa shape index (κ2) is 8.22. The lowest BCUT2D eigenvalue weighted by Crippen LogP contribution is -2.18. The van der Waals surface area contributed by atoms with Crippen molar-refractivity contribution in [3.63, 3.8) is 0 Å². The molecule has 0 saturated heterocycles. The van der Waals surface area contributed by atoms with Crippen LogP contribution in [0.25, 0.3) is 10.2 Å². The minimum atomic E-state index is -4.68. The molecule has 3 heterocycles. The molecule has 3 aromatic rings. The predicted octanol–water partition coefficient (Wildman–Crippen LogP) is 3.62. The molecule has 164 valence electrons. The van der Waals surface area contributed by atoms with Crippen molar-refractivity contribution in [1.82, 2.24) is 14.8 Å². The Hall–Kier alpha value is -3.07. The SMILES string of the molecule is Cc1cc(C(F)(F)F)nc2sc(C(N)=O)c(NC(=O)CCn3cc(Br)c([N+](=O)[O-])n3)c12. The maximum absolute atomic E-state index is 13.0. The van der Waals surface area contributed by atoms with Gasteiger partial charge in [-0.1, -0.05) is 0 Å². The van der Waals surface area contributed by atoms with Gasteiger partial charge in [-0.3, -0.25) is 9.59 Å². The Labute approximate surface area is 183 Å². The van der Waals surface area contributed by atoms with E-state index in [4.69, 9.17) is 5.73 Å². The monoisotopic (exact) mass is 520 g/mol. The molecule has 3 N–H and O–H groups in total. The number of thiophene rings is 1. The van der Waals surface area contributed by atoms with Crippen molar-refractivity contribution in [1.29, 1.82) is 0 Å². The Morgan fingerprint density at radius 1 is 1.42 bits per heavy atom. The van der Waals surface area contributed by atoms with Crippen LogP contribution in [0.4, 0.5) is 24.7 Å². The Morgan fingerprint density at radius 2 is 2.10 bits per heavy atom. The summed E-state index contributed by atoms with van der Waals surface area (Å²) in [5.74, 6) is -1.95. The lowest BCUT2D eigenvalue weighted by Gasteiger charge is -2.09. The van der Waals surface area contributed by atoms with Crippen LogP contribution in [0.1, 0.15) is 27.3 Å². The Kier molecular flexibility index (Phi) is 6.00. The summed E-state index contributed by atoms with van der Waals surface area (Å²) < 4.78 is 40.4. The lowest BCUT2D eigenvalue weighted by molar-refractivity contribution is -0.390. The molecule has 0 aliphatic heterocycles. The molecule has 0 atom stereocenters. The third-order valence-corrected chi connectivity index (χ3v) is 5.74. The first-order valence-electron chi connectivity index (χ1n) is 8.36. The molecule has 0 aliphatic carbocycles. The van der Waals surface area contributed by atoms with Crippen molar-refractivity contribution in [3.8, 4) is 0 Å². The Bertz CT molecular complexity index is 1220. The molecule has 3 aromatic heterocycles. The third-order valence-electron chi connectivity index (χ3n) is 4.08. The largest absolute Gasteiger partial charge is 0.433 e. The van der Waals surface area contributed by atoms with Crippen LogP contribution in [-0.2, 0) is 17.5 Å². The number of alkyl halides is 3. The molecule has 0 bridgehead atoms. The fourth-order valence-electron chi connectivity index (χ4n) is 2.76. The number of aromatic nitrogens is 3. The molecule has 31 heavy (non-hydrogen) atoms. The summed E-state index contributed by atoms with van der Waals surface area (Å²) in [5.41, 5.74) is 4.33. The van der Waals surface area contributed by atoms with Crippen molar-refractivity contribution >= 4 is 60.8 Å². The van der Waals surface area contributed by atoms with E-state index in [0.29, 0.717) is 11.3 Å². The summed E-state index contributed by atoms with van der Waals surface area (Å²) >= 11 is 3.63. The summed E-state index contributed by atoms with van der Waals surface area (Å²) in [7, 11) is 0. The molecular weight excluding hydrogens is 509 g/mol. The summed E-state index contributed by atoms with van der Waals surface area (Å²) in [5, 5.41) is 17.2. The number of fused-ring (bicyclic) bond motifs is 1. The van der Waals surface area contributed by atoms with Gasteiger partial charge in [-0.15, -0.1) is 11.3 Å². The molecule has 2 amide bonds. The maximum Gasteiger partial charge on any atom is 0.433 e. The van der Waals surface area contributed by atoms with Crippen LogP contribution in [0.2, 0.25) is 0 Å².